The maximum atomic E-state index is 14.8. The van der Waals surface area contributed by atoms with Gasteiger partial charge in [0.15, 0.2) is 0 Å². The Kier molecular flexibility index (Phi) is 9.11. The monoisotopic (exact) mass is 516 g/mol. The van der Waals surface area contributed by atoms with Gasteiger partial charge in [-0.15, -0.1) is 0 Å². The van der Waals surface area contributed by atoms with Crippen LogP contribution in [0, 0.1) is 29.2 Å². The minimum atomic E-state index is -1.05. The molecule has 0 bridgehead atoms. The van der Waals surface area contributed by atoms with Gasteiger partial charge in [0.2, 0.25) is 0 Å². The van der Waals surface area contributed by atoms with Crippen molar-refractivity contribution in [3.05, 3.63) is 93.5 Å². The normalized spacial score (nSPS) is 17.9. The van der Waals surface area contributed by atoms with Gasteiger partial charge in [-0.05, 0) is 110 Å². The summed E-state index contributed by atoms with van der Waals surface area (Å²) in [5, 5.41) is -0.690. The van der Waals surface area contributed by atoms with E-state index < -0.39 is 33.9 Å². The largest absolute Gasteiger partial charge is 0.206 e. The summed E-state index contributed by atoms with van der Waals surface area (Å²) >= 11 is 5.49. The molecule has 0 N–H and O–H groups in total. The summed E-state index contributed by atoms with van der Waals surface area (Å²) in [6.07, 6.45) is 10.8. The van der Waals surface area contributed by atoms with Crippen LogP contribution in [0.25, 0.3) is 11.1 Å². The maximum absolute atomic E-state index is 14.8. The Morgan fingerprint density at radius 1 is 0.722 bits per heavy atom. The van der Waals surface area contributed by atoms with E-state index in [1.54, 1.807) is 0 Å². The van der Waals surface area contributed by atoms with Gasteiger partial charge in [0.05, 0.1) is 5.56 Å². The number of rotatable bonds is 9. The molecule has 0 atom stereocenters. The van der Waals surface area contributed by atoms with Gasteiger partial charge in [-0.3, -0.25) is 0 Å². The van der Waals surface area contributed by atoms with Crippen LogP contribution in [0.2, 0.25) is 5.02 Å². The molecule has 0 spiro atoms. The Morgan fingerprint density at radius 3 is 1.92 bits per heavy atom. The summed E-state index contributed by atoms with van der Waals surface area (Å²) in [6.45, 7) is 2.22. The fourth-order valence-corrected chi connectivity index (χ4v) is 5.55. The van der Waals surface area contributed by atoms with Crippen molar-refractivity contribution in [3.8, 4) is 11.1 Å². The Labute approximate surface area is 216 Å². The summed E-state index contributed by atoms with van der Waals surface area (Å²) < 4.78 is 57.1. The fraction of sp³-hybridized carbons (Fsp3) is 0.419. The molecule has 0 amide bonds. The minimum Gasteiger partial charge on any atom is -0.206 e. The van der Waals surface area contributed by atoms with Crippen molar-refractivity contribution in [3.63, 3.8) is 0 Å². The van der Waals surface area contributed by atoms with Crippen LogP contribution < -0.4 is 0 Å². The summed E-state index contributed by atoms with van der Waals surface area (Å²) in [6, 6.07) is 13.4. The molecule has 192 valence electrons. The zero-order chi connectivity index (χ0) is 25.7. The molecule has 1 aliphatic rings. The van der Waals surface area contributed by atoms with Gasteiger partial charge in [-0.2, -0.15) is 0 Å². The predicted octanol–water partition coefficient (Wildman–Crippen LogP) is 10.2. The van der Waals surface area contributed by atoms with Crippen LogP contribution in [-0.4, -0.2) is 0 Å². The molecule has 36 heavy (non-hydrogen) atoms. The van der Waals surface area contributed by atoms with E-state index in [2.05, 4.69) is 31.2 Å². The highest BCUT2D eigenvalue weighted by Gasteiger charge is 2.23. The SMILES string of the molecule is CCCCCc1ccc(C2CCC(CCc3cc(F)c(-c4cc(F)c(Cl)c(F)c4)c(F)c3)CC2)cc1. The lowest BCUT2D eigenvalue weighted by Gasteiger charge is -2.29. The summed E-state index contributed by atoms with van der Waals surface area (Å²) in [5.41, 5.74) is 2.75. The van der Waals surface area contributed by atoms with E-state index in [4.69, 9.17) is 11.6 Å². The van der Waals surface area contributed by atoms with E-state index in [0.29, 0.717) is 23.8 Å². The van der Waals surface area contributed by atoms with Gasteiger partial charge >= 0.3 is 0 Å². The van der Waals surface area contributed by atoms with Crippen molar-refractivity contribution < 1.29 is 17.6 Å². The number of halogens is 5. The topological polar surface area (TPSA) is 0 Å². The molecular formula is C31H33ClF4. The lowest BCUT2D eigenvalue weighted by Crippen LogP contribution is -2.14. The second kappa shape index (κ2) is 12.3. The quantitative estimate of drug-likeness (QED) is 0.151. The molecule has 0 saturated heterocycles. The smallest absolute Gasteiger partial charge is 0.145 e. The number of hydrogen-bond acceptors (Lipinski definition) is 0. The van der Waals surface area contributed by atoms with Gasteiger partial charge in [0, 0.05) is 0 Å². The van der Waals surface area contributed by atoms with E-state index in [9.17, 15) is 17.6 Å². The van der Waals surface area contributed by atoms with E-state index in [1.165, 1.54) is 42.5 Å². The van der Waals surface area contributed by atoms with E-state index in [0.717, 1.165) is 50.7 Å². The maximum Gasteiger partial charge on any atom is 0.145 e. The third-order valence-electron chi connectivity index (χ3n) is 7.58. The van der Waals surface area contributed by atoms with Crippen molar-refractivity contribution in [2.24, 2.45) is 5.92 Å². The standard InChI is InChI=1S/C31H33ClF4/c1-2-3-4-5-20-8-12-23(13-9-20)24-14-10-21(11-15-24)6-7-22-16-26(33)30(27(34)17-22)25-18-28(35)31(32)29(36)19-25/h8-9,12-13,16-19,21,24H,2-7,10-11,14-15H2,1H3. The van der Waals surface area contributed by atoms with Crippen LogP contribution in [0.3, 0.4) is 0 Å². The van der Waals surface area contributed by atoms with E-state index in [1.807, 2.05) is 0 Å². The van der Waals surface area contributed by atoms with Crippen molar-refractivity contribution in [1.82, 2.24) is 0 Å². The van der Waals surface area contributed by atoms with Crippen LogP contribution in [-0.2, 0) is 12.8 Å². The molecule has 1 aliphatic carbocycles. The molecule has 5 heteroatoms. The molecule has 3 aromatic rings. The molecule has 4 rings (SSSR count). The third-order valence-corrected chi connectivity index (χ3v) is 7.94. The van der Waals surface area contributed by atoms with Crippen LogP contribution in [0.15, 0.2) is 48.5 Å². The van der Waals surface area contributed by atoms with Crippen molar-refractivity contribution in [1.29, 1.82) is 0 Å². The Balaban J connectivity index is 1.31. The molecule has 0 radical (unpaired) electrons. The first-order chi connectivity index (χ1) is 17.4. The van der Waals surface area contributed by atoms with Gasteiger partial charge in [0.1, 0.15) is 28.3 Å². The molecular weight excluding hydrogens is 484 g/mol. The highest BCUT2D eigenvalue weighted by Crippen LogP contribution is 2.38. The summed E-state index contributed by atoms with van der Waals surface area (Å²) in [4.78, 5) is 0. The molecule has 1 fully saturated rings. The molecule has 0 heterocycles. The molecule has 1 saturated carbocycles. The number of hydrogen-bond donors (Lipinski definition) is 0. The highest BCUT2D eigenvalue weighted by atomic mass is 35.5. The van der Waals surface area contributed by atoms with Crippen LogP contribution in [0.1, 0.15) is 80.9 Å². The Bertz CT molecular complexity index is 1120. The molecule has 0 nitrogen and oxygen atoms in total. The average molecular weight is 517 g/mol. The molecule has 0 aromatic heterocycles. The van der Waals surface area contributed by atoms with Crippen LogP contribution in [0.5, 0.6) is 0 Å². The molecule has 0 aliphatic heterocycles. The van der Waals surface area contributed by atoms with Gasteiger partial charge in [0.25, 0.3) is 0 Å². The third kappa shape index (κ3) is 6.51. The Hall–Kier alpha value is -2.33. The molecule has 3 aromatic carbocycles. The fourth-order valence-electron chi connectivity index (χ4n) is 5.44. The van der Waals surface area contributed by atoms with Gasteiger partial charge in [-0.1, -0.05) is 55.6 Å². The van der Waals surface area contributed by atoms with Crippen molar-refractivity contribution in [2.45, 2.75) is 77.0 Å². The zero-order valence-corrected chi connectivity index (χ0v) is 21.5. The van der Waals surface area contributed by atoms with Crippen molar-refractivity contribution in [2.75, 3.05) is 0 Å². The molecule has 0 unspecified atom stereocenters. The Morgan fingerprint density at radius 2 is 1.33 bits per heavy atom. The zero-order valence-electron chi connectivity index (χ0n) is 20.7. The van der Waals surface area contributed by atoms with Crippen molar-refractivity contribution >= 4 is 11.6 Å². The first-order valence-electron chi connectivity index (χ1n) is 13.1. The van der Waals surface area contributed by atoms with E-state index in [-0.39, 0.29) is 5.56 Å². The minimum absolute atomic E-state index is 0.205. The number of unbranched alkanes of at least 4 members (excludes halogenated alkanes) is 2. The first kappa shape index (κ1) is 26.7. The second-order valence-corrected chi connectivity index (χ2v) is 10.5. The van der Waals surface area contributed by atoms with E-state index >= 15 is 0 Å². The predicted molar refractivity (Wildman–Crippen MR) is 139 cm³/mol. The lowest BCUT2D eigenvalue weighted by molar-refractivity contribution is 0.310. The summed E-state index contributed by atoms with van der Waals surface area (Å²) in [7, 11) is 0. The van der Waals surface area contributed by atoms with Crippen LogP contribution >= 0.6 is 11.6 Å². The second-order valence-electron chi connectivity index (χ2n) is 10.1. The van der Waals surface area contributed by atoms with Crippen LogP contribution in [0.4, 0.5) is 17.6 Å². The number of benzene rings is 3. The van der Waals surface area contributed by atoms with Gasteiger partial charge < -0.3 is 0 Å². The average Bonchev–Trinajstić information content (AvgIpc) is 2.86. The lowest BCUT2D eigenvalue weighted by atomic mass is 9.76. The highest BCUT2D eigenvalue weighted by molar-refractivity contribution is 6.31. The summed E-state index contributed by atoms with van der Waals surface area (Å²) in [5.74, 6) is -2.64. The first-order valence-corrected chi connectivity index (χ1v) is 13.4. The van der Waals surface area contributed by atoms with Gasteiger partial charge in [-0.25, -0.2) is 17.6 Å². The number of aryl methyl sites for hydroxylation is 2.